The number of nitrogens with one attached hydrogen (secondary N) is 1. The largest absolute Gasteiger partial charge is 0.429 e. The highest BCUT2D eigenvalue weighted by atomic mass is 35.5. The lowest BCUT2D eigenvalue weighted by Gasteiger charge is -2.17. The Balaban J connectivity index is 2.08. The molecule has 2 aromatic carbocycles. The number of benzene rings is 2. The van der Waals surface area contributed by atoms with Crippen molar-refractivity contribution in [3.05, 3.63) is 59.1 Å². The Morgan fingerprint density at radius 3 is 2.21 bits per heavy atom. The van der Waals surface area contributed by atoms with E-state index in [1.807, 2.05) is 31.2 Å². The SMILES string of the molecule is Cc1ccc(N[P@@](C)(=O)Oc2ccc(Cl)cc2)cc1. The van der Waals surface area contributed by atoms with Crippen molar-refractivity contribution in [3.8, 4) is 5.75 Å². The zero-order valence-corrected chi connectivity index (χ0v) is 12.4. The van der Waals surface area contributed by atoms with Gasteiger partial charge in [0.15, 0.2) is 0 Å². The Morgan fingerprint density at radius 1 is 1.05 bits per heavy atom. The monoisotopic (exact) mass is 295 g/mol. The second-order valence-electron chi connectivity index (χ2n) is 4.37. The van der Waals surface area contributed by atoms with Gasteiger partial charge < -0.3 is 9.61 Å². The minimum absolute atomic E-state index is 0.523. The van der Waals surface area contributed by atoms with Crippen molar-refractivity contribution in [1.82, 2.24) is 0 Å². The first kappa shape index (κ1) is 14.0. The van der Waals surface area contributed by atoms with E-state index < -0.39 is 7.52 Å². The minimum Gasteiger partial charge on any atom is -0.429 e. The van der Waals surface area contributed by atoms with Crippen LogP contribution >= 0.6 is 19.1 Å². The van der Waals surface area contributed by atoms with Crippen molar-refractivity contribution in [2.75, 3.05) is 11.8 Å². The van der Waals surface area contributed by atoms with Gasteiger partial charge in [0.1, 0.15) is 5.75 Å². The van der Waals surface area contributed by atoms with Gasteiger partial charge in [0.2, 0.25) is 0 Å². The van der Waals surface area contributed by atoms with E-state index in [0.717, 1.165) is 11.3 Å². The van der Waals surface area contributed by atoms with Crippen molar-refractivity contribution in [2.24, 2.45) is 0 Å². The third-order valence-electron chi connectivity index (χ3n) is 2.48. The van der Waals surface area contributed by atoms with Gasteiger partial charge in [-0.05, 0) is 43.3 Å². The van der Waals surface area contributed by atoms with Crippen LogP contribution < -0.4 is 9.61 Å². The summed E-state index contributed by atoms with van der Waals surface area (Å²) in [5, 5.41) is 3.52. The average molecular weight is 296 g/mol. The lowest BCUT2D eigenvalue weighted by molar-refractivity contribution is 0.493. The molecule has 0 bridgehead atoms. The first-order valence-electron chi connectivity index (χ1n) is 5.82. The molecular formula is C14H15ClNO2P. The highest BCUT2D eigenvalue weighted by Gasteiger charge is 2.17. The smallest absolute Gasteiger partial charge is 0.338 e. The van der Waals surface area contributed by atoms with E-state index in [4.69, 9.17) is 16.1 Å². The number of aryl methyl sites for hydroxylation is 1. The average Bonchev–Trinajstić information content (AvgIpc) is 2.34. The van der Waals surface area contributed by atoms with Crippen molar-refractivity contribution >= 4 is 24.8 Å². The first-order valence-corrected chi connectivity index (χ1v) is 8.27. The Bertz CT molecular complexity index is 544. The maximum Gasteiger partial charge on any atom is 0.338 e. The summed E-state index contributed by atoms with van der Waals surface area (Å²) < 4.78 is 17.8. The Kier molecular flexibility index (Phi) is 4.18. The fraction of sp³-hybridized carbons (Fsp3) is 0.143. The summed E-state index contributed by atoms with van der Waals surface area (Å²) in [6.45, 7) is 3.54. The lowest BCUT2D eigenvalue weighted by atomic mass is 10.2. The molecule has 100 valence electrons. The quantitative estimate of drug-likeness (QED) is 0.810. The number of rotatable bonds is 4. The van der Waals surface area contributed by atoms with Gasteiger partial charge in [0.05, 0.1) is 0 Å². The van der Waals surface area contributed by atoms with Crippen molar-refractivity contribution in [1.29, 1.82) is 0 Å². The molecule has 3 nitrogen and oxygen atoms in total. The molecule has 0 unspecified atom stereocenters. The van der Waals surface area contributed by atoms with Crippen LogP contribution in [0, 0.1) is 6.92 Å². The summed E-state index contributed by atoms with van der Waals surface area (Å²) in [5.74, 6) is 0.523. The molecule has 0 amide bonds. The summed E-state index contributed by atoms with van der Waals surface area (Å²) in [6, 6.07) is 14.4. The molecule has 0 heterocycles. The van der Waals surface area contributed by atoms with E-state index in [-0.39, 0.29) is 0 Å². The van der Waals surface area contributed by atoms with Crippen LogP contribution in [-0.4, -0.2) is 6.66 Å². The number of hydrogen-bond donors (Lipinski definition) is 1. The highest BCUT2D eigenvalue weighted by Crippen LogP contribution is 2.43. The van der Waals surface area contributed by atoms with E-state index in [1.54, 1.807) is 30.9 Å². The predicted octanol–water partition coefficient (Wildman–Crippen LogP) is 4.96. The highest BCUT2D eigenvalue weighted by molar-refractivity contribution is 7.60. The van der Waals surface area contributed by atoms with Crippen molar-refractivity contribution in [2.45, 2.75) is 6.92 Å². The Hall–Kier alpha value is -1.44. The molecule has 1 atom stereocenters. The van der Waals surface area contributed by atoms with Gasteiger partial charge >= 0.3 is 7.52 Å². The summed E-state index contributed by atoms with van der Waals surface area (Å²) in [7, 11) is -2.96. The zero-order valence-electron chi connectivity index (χ0n) is 10.8. The second kappa shape index (κ2) is 5.68. The number of hydrogen-bond acceptors (Lipinski definition) is 2. The molecule has 5 heteroatoms. The Morgan fingerprint density at radius 2 is 1.63 bits per heavy atom. The van der Waals surface area contributed by atoms with Crippen LogP contribution in [0.4, 0.5) is 5.69 Å². The van der Waals surface area contributed by atoms with Crippen LogP contribution in [0.2, 0.25) is 5.02 Å². The number of halogens is 1. The molecule has 0 saturated carbocycles. The summed E-state index contributed by atoms with van der Waals surface area (Å²) in [4.78, 5) is 0. The molecule has 2 rings (SSSR count). The molecule has 0 radical (unpaired) electrons. The van der Waals surface area contributed by atoms with E-state index >= 15 is 0 Å². The fourth-order valence-corrected chi connectivity index (χ4v) is 2.90. The Labute approximate surface area is 118 Å². The van der Waals surface area contributed by atoms with E-state index in [1.165, 1.54) is 0 Å². The molecule has 0 aromatic heterocycles. The normalized spacial score (nSPS) is 13.6. The third kappa shape index (κ3) is 4.30. The minimum atomic E-state index is -2.96. The molecule has 0 saturated heterocycles. The van der Waals surface area contributed by atoms with E-state index in [2.05, 4.69) is 5.09 Å². The lowest BCUT2D eigenvalue weighted by Crippen LogP contribution is -2.02. The van der Waals surface area contributed by atoms with Gasteiger partial charge in [0, 0.05) is 17.4 Å². The second-order valence-corrected chi connectivity index (χ2v) is 6.90. The molecular weight excluding hydrogens is 281 g/mol. The van der Waals surface area contributed by atoms with Crippen LogP contribution in [0.5, 0.6) is 5.75 Å². The van der Waals surface area contributed by atoms with Crippen LogP contribution in [0.1, 0.15) is 5.56 Å². The topological polar surface area (TPSA) is 38.3 Å². The van der Waals surface area contributed by atoms with Gasteiger partial charge in [-0.15, -0.1) is 0 Å². The van der Waals surface area contributed by atoms with Gasteiger partial charge in [0.25, 0.3) is 0 Å². The van der Waals surface area contributed by atoms with Gasteiger partial charge in [-0.3, -0.25) is 4.57 Å². The summed E-state index contributed by atoms with van der Waals surface area (Å²) in [5.41, 5.74) is 1.92. The van der Waals surface area contributed by atoms with Gasteiger partial charge in [-0.25, -0.2) is 0 Å². The fourth-order valence-electron chi connectivity index (χ4n) is 1.58. The zero-order chi connectivity index (χ0) is 13.9. The van der Waals surface area contributed by atoms with Gasteiger partial charge in [-0.2, -0.15) is 0 Å². The maximum atomic E-state index is 12.4. The third-order valence-corrected chi connectivity index (χ3v) is 3.95. The molecule has 0 aliphatic rings. The predicted molar refractivity (Wildman–Crippen MR) is 80.4 cm³/mol. The van der Waals surface area contributed by atoms with Crippen LogP contribution in [0.25, 0.3) is 0 Å². The molecule has 1 N–H and O–H groups in total. The van der Waals surface area contributed by atoms with Gasteiger partial charge in [-0.1, -0.05) is 29.3 Å². The van der Waals surface area contributed by atoms with Crippen LogP contribution in [0.3, 0.4) is 0 Å². The van der Waals surface area contributed by atoms with Crippen molar-refractivity contribution in [3.63, 3.8) is 0 Å². The summed E-state index contributed by atoms with van der Waals surface area (Å²) in [6.07, 6.45) is 0. The van der Waals surface area contributed by atoms with Crippen molar-refractivity contribution < 1.29 is 9.09 Å². The first-order chi connectivity index (χ1) is 8.94. The molecule has 19 heavy (non-hydrogen) atoms. The molecule has 2 aromatic rings. The number of anilines is 1. The molecule has 0 aliphatic carbocycles. The van der Waals surface area contributed by atoms with E-state index in [9.17, 15) is 4.57 Å². The van der Waals surface area contributed by atoms with Crippen LogP contribution in [-0.2, 0) is 4.57 Å². The molecule has 0 spiro atoms. The van der Waals surface area contributed by atoms with Crippen LogP contribution in [0.15, 0.2) is 48.5 Å². The van der Waals surface area contributed by atoms with E-state index in [0.29, 0.717) is 10.8 Å². The molecule has 0 fully saturated rings. The summed E-state index contributed by atoms with van der Waals surface area (Å²) >= 11 is 5.79. The molecule has 0 aliphatic heterocycles. The maximum absolute atomic E-state index is 12.4. The standard InChI is InChI=1S/C14H15ClNO2P/c1-11-3-7-13(8-4-11)16-19(2,17)18-14-9-5-12(15)6-10-14/h3-10H,1-2H3,(H,16,17)/t19-/m0/s1.